The molecule has 1 aliphatic heterocycles. The van der Waals surface area contributed by atoms with Crippen molar-refractivity contribution >= 4 is 40.0 Å². The summed E-state index contributed by atoms with van der Waals surface area (Å²) in [6.45, 7) is 5.49. The summed E-state index contributed by atoms with van der Waals surface area (Å²) in [6, 6.07) is 8.96. The molecule has 0 aliphatic carbocycles. The van der Waals surface area contributed by atoms with Crippen LogP contribution in [0.2, 0.25) is 0 Å². The predicted octanol–water partition coefficient (Wildman–Crippen LogP) is 3.63. The summed E-state index contributed by atoms with van der Waals surface area (Å²) in [4.78, 5) is 14.2. The van der Waals surface area contributed by atoms with Crippen LogP contribution < -0.4 is 26.0 Å². The average Bonchev–Trinajstić information content (AvgIpc) is 3.02. The molecule has 1 saturated heterocycles. The Morgan fingerprint density at radius 1 is 1.16 bits per heavy atom. The predicted molar refractivity (Wildman–Crippen MR) is 141 cm³/mol. The van der Waals surface area contributed by atoms with Gasteiger partial charge in [-0.1, -0.05) is 26.1 Å². The Balaban J connectivity index is 1.76. The molecule has 1 fully saturated rings. The number of aliphatic hydroxyl groups is 1. The highest BCUT2D eigenvalue weighted by Crippen LogP contribution is 2.30. The van der Waals surface area contributed by atoms with Crippen molar-refractivity contribution in [2.24, 2.45) is 0 Å². The number of aliphatic hydroxyl groups excluding tert-OH is 1. The summed E-state index contributed by atoms with van der Waals surface area (Å²) in [5, 5.41) is 26.1. The van der Waals surface area contributed by atoms with Gasteiger partial charge in [0, 0.05) is 31.4 Å². The number of hydrogen-bond acceptors (Lipinski definition) is 8. The van der Waals surface area contributed by atoms with Crippen LogP contribution in [-0.2, 0) is 4.74 Å². The summed E-state index contributed by atoms with van der Waals surface area (Å²) in [5.74, 6) is -0.705. The van der Waals surface area contributed by atoms with E-state index in [1.807, 2.05) is 18.7 Å². The monoisotopic (exact) mass is 540 g/mol. The molecule has 2 aromatic rings. The zero-order chi connectivity index (χ0) is 27.1. The molecule has 0 radical (unpaired) electrons. The molecule has 0 saturated carbocycles. The first kappa shape index (κ1) is 28.6. The van der Waals surface area contributed by atoms with Gasteiger partial charge in [-0.3, -0.25) is 15.1 Å². The molecule has 0 aromatic heterocycles. The van der Waals surface area contributed by atoms with E-state index in [2.05, 4.69) is 22.9 Å². The number of nitrogens with one attached hydrogen (secondary N) is 2. The molecule has 12 heteroatoms. The number of ether oxygens (including phenoxy) is 1. The molecule has 2 aromatic carbocycles. The minimum Gasteiger partial charge on any atom is -0.389 e. The number of alkyl halides is 2. The fraction of sp³-hybridized carbons (Fsp3) is 0.440. The first-order valence-corrected chi connectivity index (χ1v) is 12.3. The lowest BCUT2D eigenvalue weighted by molar-refractivity contribution is 0.122. The second-order valence-corrected chi connectivity index (χ2v) is 9.36. The normalized spacial score (nSPS) is 14.6. The van der Waals surface area contributed by atoms with Crippen molar-refractivity contribution in [1.82, 2.24) is 5.32 Å². The summed E-state index contributed by atoms with van der Waals surface area (Å²) < 4.78 is 45.3. The number of nitrogens with zero attached hydrogens (tertiary/aromatic N) is 2. The van der Waals surface area contributed by atoms with Gasteiger partial charge in [-0.15, -0.1) is 0 Å². The van der Waals surface area contributed by atoms with Gasteiger partial charge in [-0.2, -0.15) is 0 Å². The Morgan fingerprint density at radius 2 is 1.84 bits per heavy atom. The minimum atomic E-state index is -2.85. The molecular weight excluding hydrogens is 509 g/mol. The van der Waals surface area contributed by atoms with E-state index < -0.39 is 23.3 Å². The average molecular weight is 541 g/mol. The van der Waals surface area contributed by atoms with Gasteiger partial charge in [-0.25, -0.2) is 13.2 Å². The number of morpholine rings is 1. The van der Waals surface area contributed by atoms with Gasteiger partial charge in [0.1, 0.15) is 10.8 Å². The lowest BCUT2D eigenvalue weighted by atomic mass is 10.0. The van der Waals surface area contributed by atoms with Gasteiger partial charge in [0.25, 0.3) is 6.43 Å². The van der Waals surface area contributed by atoms with Gasteiger partial charge in [0.2, 0.25) is 5.43 Å². The molecule has 4 N–H and O–H groups in total. The third-order valence-electron chi connectivity index (χ3n) is 5.85. The number of benzene rings is 1. The van der Waals surface area contributed by atoms with E-state index >= 15 is 0 Å². The minimum absolute atomic E-state index is 0.0246. The van der Waals surface area contributed by atoms with Crippen molar-refractivity contribution in [2.45, 2.75) is 32.3 Å². The van der Waals surface area contributed by atoms with E-state index in [1.54, 1.807) is 18.2 Å². The summed E-state index contributed by atoms with van der Waals surface area (Å²) in [6.07, 6.45) is -4.10. The van der Waals surface area contributed by atoms with Crippen LogP contribution in [0, 0.1) is 5.82 Å². The second kappa shape index (κ2) is 13.0. The molecular formula is C25H31F3N4O4S. The third kappa shape index (κ3) is 7.78. The standard InChI is InChI=1S/C25H31F3N4O4S/c1-15(2)18-12-23(34)22(31-7-9-36-10-8-31)6-5-20(18)30-21-4-3-16(11-19(21)26)32(35)14-17(33)13-29-25(37)24(27)28/h3-6,11-12,15,17,24,30,33,35H,7-10,13-14H2,1-2H3,(H,29,37)/t17-/m0/s1. The van der Waals surface area contributed by atoms with Crippen molar-refractivity contribution in [1.29, 1.82) is 0 Å². The second-order valence-electron chi connectivity index (χ2n) is 8.92. The number of thiocarbonyl (C=S) groups is 1. The van der Waals surface area contributed by atoms with Gasteiger partial charge in [0.15, 0.2) is 0 Å². The molecule has 3 rings (SSSR count). The Bertz CT molecular complexity index is 1150. The number of anilines is 4. The van der Waals surface area contributed by atoms with E-state index in [-0.39, 0.29) is 35.8 Å². The van der Waals surface area contributed by atoms with Crippen molar-refractivity contribution in [2.75, 3.05) is 54.7 Å². The third-order valence-corrected chi connectivity index (χ3v) is 6.17. The fourth-order valence-electron chi connectivity index (χ4n) is 3.87. The summed E-state index contributed by atoms with van der Waals surface area (Å²) in [5.41, 5.74) is 1.87. The van der Waals surface area contributed by atoms with Crippen LogP contribution in [0.3, 0.4) is 0 Å². The Kier molecular flexibility index (Phi) is 10.1. The van der Waals surface area contributed by atoms with Crippen LogP contribution in [0.1, 0.15) is 25.3 Å². The maximum absolute atomic E-state index is 15.0. The molecule has 202 valence electrons. The summed E-state index contributed by atoms with van der Waals surface area (Å²) in [7, 11) is 0. The van der Waals surface area contributed by atoms with E-state index in [1.165, 1.54) is 12.1 Å². The molecule has 1 aliphatic rings. The molecule has 1 atom stereocenters. The highest BCUT2D eigenvalue weighted by molar-refractivity contribution is 7.80. The molecule has 0 spiro atoms. The first-order valence-electron chi connectivity index (χ1n) is 11.8. The van der Waals surface area contributed by atoms with Crippen LogP contribution in [0.15, 0.2) is 41.2 Å². The van der Waals surface area contributed by atoms with Gasteiger partial charge >= 0.3 is 0 Å². The quantitative estimate of drug-likeness (QED) is 0.266. The van der Waals surface area contributed by atoms with E-state index in [9.17, 15) is 28.3 Å². The molecule has 37 heavy (non-hydrogen) atoms. The molecule has 0 amide bonds. The van der Waals surface area contributed by atoms with Crippen molar-refractivity contribution in [3.8, 4) is 0 Å². The topological polar surface area (TPSA) is 97.3 Å². The van der Waals surface area contributed by atoms with Crippen molar-refractivity contribution in [3.05, 3.63) is 58.0 Å². The molecule has 0 unspecified atom stereocenters. The zero-order valence-corrected chi connectivity index (χ0v) is 21.4. The van der Waals surface area contributed by atoms with Crippen LogP contribution in [-0.4, -0.2) is 67.2 Å². The van der Waals surface area contributed by atoms with Crippen molar-refractivity contribution in [3.63, 3.8) is 0 Å². The van der Waals surface area contributed by atoms with Crippen LogP contribution in [0.25, 0.3) is 0 Å². The van der Waals surface area contributed by atoms with Gasteiger partial charge in [0.05, 0.1) is 42.9 Å². The molecule has 0 bridgehead atoms. The largest absolute Gasteiger partial charge is 0.389 e. The number of rotatable bonds is 10. The Morgan fingerprint density at radius 3 is 2.46 bits per heavy atom. The highest BCUT2D eigenvalue weighted by atomic mass is 32.1. The van der Waals surface area contributed by atoms with E-state index in [4.69, 9.17) is 4.74 Å². The van der Waals surface area contributed by atoms with Crippen LogP contribution in [0.4, 0.5) is 35.9 Å². The Hall–Kier alpha value is -2.93. The number of halogens is 3. The van der Waals surface area contributed by atoms with Gasteiger partial charge < -0.3 is 25.4 Å². The SMILES string of the molecule is CC(C)c1cc(=O)c(N2CCOCC2)ccc1Nc1ccc(N(O)C[C@@H](O)CNC(=S)C(F)F)cc1F. The Labute approximate surface area is 218 Å². The smallest absolute Gasteiger partial charge is 0.288 e. The van der Waals surface area contributed by atoms with Crippen LogP contribution >= 0.6 is 12.2 Å². The maximum Gasteiger partial charge on any atom is 0.288 e. The lowest BCUT2D eigenvalue weighted by Crippen LogP contribution is -2.40. The lowest BCUT2D eigenvalue weighted by Gasteiger charge is -2.27. The number of hydroxylamine groups is 1. The van der Waals surface area contributed by atoms with E-state index in [0.717, 1.165) is 6.07 Å². The fourth-order valence-corrected chi connectivity index (χ4v) is 3.95. The van der Waals surface area contributed by atoms with Gasteiger partial charge in [-0.05, 0) is 41.8 Å². The number of hydrogen-bond donors (Lipinski definition) is 4. The zero-order valence-electron chi connectivity index (χ0n) is 20.6. The first-order chi connectivity index (χ1) is 17.6. The molecule has 8 nitrogen and oxygen atoms in total. The van der Waals surface area contributed by atoms with Crippen LogP contribution in [0.5, 0.6) is 0 Å². The molecule has 1 heterocycles. The summed E-state index contributed by atoms with van der Waals surface area (Å²) >= 11 is 4.44. The highest BCUT2D eigenvalue weighted by Gasteiger charge is 2.18. The maximum atomic E-state index is 15.0. The van der Waals surface area contributed by atoms with E-state index in [0.29, 0.717) is 48.3 Å². The van der Waals surface area contributed by atoms with Crippen molar-refractivity contribution < 1.29 is 28.2 Å².